The van der Waals surface area contributed by atoms with E-state index in [-0.39, 0.29) is 16.4 Å². The Morgan fingerprint density at radius 3 is 2.52 bits per heavy atom. The van der Waals surface area contributed by atoms with E-state index in [1.807, 2.05) is 29.5 Å². The van der Waals surface area contributed by atoms with Gasteiger partial charge < -0.3 is 5.73 Å². The van der Waals surface area contributed by atoms with Gasteiger partial charge in [-0.3, -0.25) is 0 Å². The highest BCUT2D eigenvalue weighted by Gasteiger charge is 2.22. The van der Waals surface area contributed by atoms with Gasteiger partial charge in [-0.2, -0.15) is 0 Å². The predicted octanol–water partition coefficient (Wildman–Crippen LogP) is 2.16. The third-order valence-electron chi connectivity index (χ3n) is 3.11. The Morgan fingerprint density at radius 2 is 1.86 bits per heavy atom. The van der Waals surface area contributed by atoms with Crippen molar-refractivity contribution in [2.75, 3.05) is 5.73 Å². The van der Waals surface area contributed by atoms with Gasteiger partial charge in [-0.1, -0.05) is 17.7 Å². The Labute approximate surface area is 135 Å². The Balaban J connectivity index is 2.29. The largest absolute Gasteiger partial charge is 0.383 e. The first-order valence-corrected chi connectivity index (χ1v) is 8.52. The lowest BCUT2D eigenvalue weighted by molar-refractivity contribution is 0.588. The van der Waals surface area contributed by atoms with Gasteiger partial charge in [0.1, 0.15) is 12.1 Å². The fourth-order valence-corrected chi connectivity index (χ4v) is 4.32. The summed E-state index contributed by atoms with van der Waals surface area (Å²) in [6, 6.07) is 6.67. The molecule has 108 valence electrons. The number of nitrogens with zero attached hydrogens (tertiary/aromatic N) is 3. The van der Waals surface area contributed by atoms with E-state index in [0.717, 1.165) is 9.54 Å². The van der Waals surface area contributed by atoms with Crippen molar-refractivity contribution in [2.45, 2.75) is 11.8 Å². The molecule has 2 aromatic heterocycles. The van der Waals surface area contributed by atoms with Crippen LogP contribution in [-0.2, 0) is 10.0 Å². The van der Waals surface area contributed by atoms with Crippen molar-refractivity contribution in [1.82, 2.24) is 13.9 Å². The third kappa shape index (κ3) is 2.27. The van der Waals surface area contributed by atoms with Crippen LogP contribution in [0.5, 0.6) is 0 Å². The number of hydrogen-bond acceptors (Lipinski definition) is 5. The normalized spacial score (nSPS) is 11.9. The van der Waals surface area contributed by atoms with E-state index in [4.69, 9.17) is 5.73 Å². The molecule has 0 aliphatic carbocycles. The van der Waals surface area contributed by atoms with Crippen molar-refractivity contribution >= 4 is 49.5 Å². The van der Waals surface area contributed by atoms with E-state index < -0.39 is 10.0 Å². The molecule has 0 spiro atoms. The number of fused-ring (bicyclic) bond motifs is 1. The monoisotopic (exact) mass is 414 g/mol. The molecule has 0 saturated carbocycles. The summed E-state index contributed by atoms with van der Waals surface area (Å²) in [5.41, 5.74) is 7.09. The summed E-state index contributed by atoms with van der Waals surface area (Å²) in [5, 5.41) is 0.550. The first-order chi connectivity index (χ1) is 9.91. The van der Waals surface area contributed by atoms with Crippen LogP contribution in [0.15, 0.2) is 41.7 Å². The van der Waals surface area contributed by atoms with Crippen molar-refractivity contribution in [3.05, 3.63) is 45.9 Å². The van der Waals surface area contributed by atoms with Crippen molar-refractivity contribution in [1.29, 1.82) is 0 Å². The molecule has 21 heavy (non-hydrogen) atoms. The van der Waals surface area contributed by atoms with Crippen molar-refractivity contribution < 1.29 is 8.42 Å². The molecular formula is C13H11IN4O2S. The average Bonchev–Trinajstić information content (AvgIpc) is 2.79. The molecule has 3 aromatic rings. The summed E-state index contributed by atoms with van der Waals surface area (Å²) < 4.78 is 27.3. The summed E-state index contributed by atoms with van der Waals surface area (Å²) in [4.78, 5) is 8.17. The molecule has 2 N–H and O–H groups in total. The van der Waals surface area contributed by atoms with Crippen LogP contribution >= 0.6 is 22.6 Å². The molecule has 0 saturated heterocycles. The van der Waals surface area contributed by atoms with E-state index in [0.29, 0.717) is 8.96 Å². The molecule has 0 radical (unpaired) electrons. The molecule has 2 heterocycles. The van der Waals surface area contributed by atoms with Crippen LogP contribution < -0.4 is 5.73 Å². The number of nitrogens with two attached hydrogens (primary N) is 1. The first-order valence-electron chi connectivity index (χ1n) is 6.00. The van der Waals surface area contributed by atoms with Crippen LogP contribution in [0.1, 0.15) is 5.56 Å². The fourth-order valence-electron chi connectivity index (χ4n) is 2.02. The molecule has 0 bridgehead atoms. The summed E-state index contributed by atoms with van der Waals surface area (Å²) in [6.07, 6.45) is 2.76. The maximum atomic E-state index is 12.7. The van der Waals surface area contributed by atoms with Gasteiger partial charge in [-0.05, 0) is 41.6 Å². The highest BCUT2D eigenvalue weighted by atomic mass is 127. The van der Waals surface area contributed by atoms with Crippen molar-refractivity contribution in [3.8, 4) is 0 Å². The zero-order valence-corrected chi connectivity index (χ0v) is 14.0. The number of halogens is 1. The average molecular weight is 414 g/mol. The first kappa shape index (κ1) is 14.3. The maximum Gasteiger partial charge on any atom is 0.269 e. The molecule has 0 unspecified atom stereocenters. The molecule has 6 nitrogen and oxygen atoms in total. The second-order valence-corrected chi connectivity index (χ2v) is 7.53. The zero-order chi connectivity index (χ0) is 15.2. The van der Waals surface area contributed by atoms with E-state index in [2.05, 4.69) is 9.97 Å². The molecule has 0 aliphatic rings. The molecular weight excluding hydrogens is 403 g/mol. The summed E-state index contributed by atoms with van der Waals surface area (Å²) in [6.45, 7) is 1.90. The number of aromatic nitrogens is 3. The van der Waals surface area contributed by atoms with E-state index in [9.17, 15) is 8.42 Å². The van der Waals surface area contributed by atoms with Crippen LogP contribution in [0.25, 0.3) is 11.0 Å². The maximum absolute atomic E-state index is 12.7. The van der Waals surface area contributed by atoms with Gasteiger partial charge in [0.15, 0.2) is 5.65 Å². The minimum Gasteiger partial charge on any atom is -0.383 e. The Kier molecular flexibility index (Phi) is 3.36. The van der Waals surface area contributed by atoms with Gasteiger partial charge >= 0.3 is 0 Å². The SMILES string of the molecule is Cc1ccc(S(=O)(=O)n2cc(I)c3c(N)ncnc32)cc1. The van der Waals surface area contributed by atoms with Gasteiger partial charge in [0.05, 0.1) is 10.3 Å². The number of rotatable bonds is 2. The minimum absolute atomic E-state index is 0.207. The van der Waals surface area contributed by atoms with Crippen molar-refractivity contribution in [3.63, 3.8) is 0 Å². The molecule has 3 rings (SSSR count). The predicted molar refractivity (Wildman–Crippen MR) is 88.4 cm³/mol. The van der Waals surface area contributed by atoms with Gasteiger partial charge in [-0.15, -0.1) is 0 Å². The Hall–Kier alpha value is -1.68. The molecule has 0 atom stereocenters. The zero-order valence-electron chi connectivity index (χ0n) is 11.0. The van der Waals surface area contributed by atoms with Gasteiger partial charge in [-0.25, -0.2) is 22.4 Å². The second-order valence-electron chi connectivity index (χ2n) is 4.55. The van der Waals surface area contributed by atoms with Gasteiger partial charge in [0, 0.05) is 9.77 Å². The smallest absolute Gasteiger partial charge is 0.269 e. The molecule has 0 aliphatic heterocycles. The fraction of sp³-hybridized carbons (Fsp3) is 0.0769. The Bertz CT molecular complexity index is 933. The lowest BCUT2D eigenvalue weighted by atomic mass is 10.2. The standard InChI is InChI=1S/C13H11IN4O2S/c1-8-2-4-9(5-3-8)21(19,20)18-6-10(14)11-12(15)16-7-17-13(11)18/h2-7H,1H3,(H2,15,16,17). The number of hydrogen-bond donors (Lipinski definition) is 1. The summed E-state index contributed by atoms with van der Waals surface area (Å²) in [7, 11) is -3.71. The molecule has 1 aromatic carbocycles. The Morgan fingerprint density at radius 1 is 1.19 bits per heavy atom. The highest BCUT2D eigenvalue weighted by Crippen LogP contribution is 2.28. The quantitative estimate of drug-likeness (QED) is 0.650. The third-order valence-corrected chi connectivity index (χ3v) is 5.59. The summed E-state index contributed by atoms with van der Waals surface area (Å²) in [5.74, 6) is 0.266. The van der Waals surface area contributed by atoms with Crippen molar-refractivity contribution in [2.24, 2.45) is 0 Å². The topological polar surface area (TPSA) is 90.9 Å². The van der Waals surface area contributed by atoms with Crippen LogP contribution in [0.2, 0.25) is 0 Å². The van der Waals surface area contributed by atoms with Crippen LogP contribution in [0.4, 0.5) is 5.82 Å². The number of anilines is 1. The summed E-state index contributed by atoms with van der Waals surface area (Å²) >= 11 is 2.02. The van der Waals surface area contributed by atoms with E-state index in [1.54, 1.807) is 24.3 Å². The van der Waals surface area contributed by atoms with Crippen LogP contribution in [0.3, 0.4) is 0 Å². The van der Waals surface area contributed by atoms with Gasteiger partial charge in [0.2, 0.25) is 0 Å². The lowest BCUT2D eigenvalue weighted by Gasteiger charge is -2.07. The van der Waals surface area contributed by atoms with Crippen LogP contribution in [-0.4, -0.2) is 22.4 Å². The molecule has 8 heteroatoms. The number of aryl methyl sites for hydroxylation is 1. The van der Waals surface area contributed by atoms with Crippen LogP contribution in [0, 0.1) is 10.5 Å². The molecule has 0 fully saturated rings. The van der Waals surface area contributed by atoms with E-state index >= 15 is 0 Å². The van der Waals surface area contributed by atoms with E-state index in [1.165, 1.54) is 12.5 Å². The lowest BCUT2D eigenvalue weighted by Crippen LogP contribution is -2.12. The second kappa shape index (κ2) is 4.95. The van der Waals surface area contributed by atoms with Gasteiger partial charge in [0.25, 0.3) is 10.0 Å². The number of nitrogen functional groups attached to an aromatic ring is 1. The number of benzene rings is 1. The highest BCUT2D eigenvalue weighted by molar-refractivity contribution is 14.1. The minimum atomic E-state index is -3.71. The molecule has 0 amide bonds.